The lowest BCUT2D eigenvalue weighted by molar-refractivity contribution is -0.139. The second-order valence-corrected chi connectivity index (χ2v) is 8.47. The molecule has 4 heterocycles. The van der Waals surface area contributed by atoms with E-state index >= 15 is 0 Å². The fourth-order valence-electron chi connectivity index (χ4n) is 4.54. The molecule has 170 valence electrons. The largest absolute Gasteiger partial charge is 0.371 e. The van der Waals surface area contributed by atoms with Crippen molar-refractivity contribution in [3.05, 3.63) is 66.2 Å². The zero-order chi connectivity index (χ0) is 22.6. The van der Waals surface area contributed by atoms with E-state index in [1.54, 1.807) is 18.6 Å². The van der Waals surface area contributed by atoms with Crippen molar-refractivity contribution in [2.24, 2.45) is 0 Å². The number of carbonyl (C=O) groups excluding carboxylic acids is 1. The zero-order valence-electron chi connectivity index (χ0n) is 18.6. The normalized spacial score (nSPS) is 18.1. The van der Waals surface area contributed by atoms with E-state index in [1.807, 2.05) is 17.0 Å². The Hall–Kier alpha value is -3.52. The van der Waals surface area contributed by atoms with Gasteiger partial charge in [0.25, 0.3) is 0 Å². The summed E-state index contributed by atoms with van der Waals surface area (Å²) in [5, 5.41) is 0. The van der Waals surface area contributed by atoms with Gasteiger partial charge in [-0.1, -0.05) is 24.3 Å². The predicted molar refractivity (Wildman–Crippen MR) is 127 cm³/mol. The van der Waals surface area contributed by atoms with E-state index in [4.69, 9.17) is 10.5 Å². The number of fused-ring (bicyclic) bond motifs is 1. The molecule has 5 rings (SSSR count). The van der Waals surface area contributed by atoms with Gasteiger partial charge in [0.15, 0.2) is 0 Å². The first kappa shape index (κ1) is 21.3. The van der Waals surface area contributed by atoms with Crippen LogP contribution in [0.3, 0.4) is 0 Å². The number of nitrogens with two attached hydrogens (primary N) is 1. The summed E-state index contributed by atoms with van der Waals surface area (Å²) in [6.45, 7) is 3.40. The number of pyridine rings is 1. The zero-order valence-corrected chi connectivity index (χ0v) is 18.6. The quantitative estimate of drug-likeness (QED) is 0.646. The van der Waals surface area contributed by atoms with Crippen LogP contribution < -0.4 is 10.6 Å². The molecule has 2 N–H and O–H groups in total. The van der Waals surface area contributed by atoms with Crippen molar-refractivity contribution in [3.63, 3.8) is 0 Å². The molecule has 0 unspecified atom stereocenters. The van der Waals surface area contributed by atoms with E-state index in [0.29, 0.717) is 26.1 Å². The maximum Gasteiger partial charge on any atom is 0.224 e. The van der Waals surface area contributed by atoms with Crippen LogP contribution in [0.15, 0.2) is 55.0 Å². The minimum atomic E-state index is -0.227. The number of ether oxygens (including phenoxy) is 1. The Morgan fingerprint density at radius 1 is 1.03 bits per heavy atom. The fraction of sp³-hybridized carbons (Fsp3) is 0.360. The van der Waals surface area contributed by atoms with Gasteiger partial charge in [-0.25, -0.2) is 9.97 Å². The fourth-order valence-corrected chi connectivity index (χ4v) is 4.54. The van der Waals surface area contributed by atoms with Crippen LogP contribution in [0.25, 0.3) is 11.1 Å². The Morgan fingerprint density at radius 2 is 1.85 bits per heavy atom. The molecule has 1 saturated heterocycles. The average molecular weight is 445 g/mol. The molecule has 0 radical (unpaired) electrons. The van der Waals surface area contributed by atoms with Crippen molar-refractivity contribution in [2.45, 2.75) is 25.4 Å². The minimum Gasteiger partial charge on any atom is -0.371 e. The van der Waals surface area contributed by atoms with Crippen molar-refractivity contribution in [2.75, 3.05) is 43.4 Å². The number of nitrogen functional groups attached to an aromatic ring is 1. The summed E-state index contributed by atoms with van der Waals surface area (Å²) in [7, 11) is 0. The molecule has 1 amide bonds. The van der Waals surface area contributed by atoms with Crippen molar-refractivity contribution < 1.29 is 9.53 Å². The maximum absolute atomic E-state index is 13.0. The van der Waals surface area contributed by atoms with Gasteiger partial charge in [-0.2, -0.15) is 0 Å². The van der Waals surface area contributed by atoms with Crippen molar-refractivity contribution in [3.8, 4) is 11.1 Å². The van der Waals surface area contributed by atoms with Gasteiger partial charge in [0.05, 0.1) is 18.8 Å². The first-order valence-electron chi connectivity index (χ1n) is 11.4. The van der Waals surface area contributed by atoms with Gasteiger partial charge in [-0.05, 0) is 30.5 Å². The molecule has 8 heteroatoms. The van der Waals surface area contributed by atoms with Gasteiger partial charge in [-0.3, -0.25) is 9.78 Å². The van der Waals surface area contributed by atoms with E-state index in [-0.39, 0.29) is 18.0 Å². The van der Waals surface area contributed by atoms with Crippen LogP contribution in [0.2, 0.25) is 0 Å². The number of aryl methyl sites for hydroxylation is 1. The van der Waals surface area contributed by atoms with Gasteiger partial charge in [-0.15, -0.1) is 0 Å². The molecule has 2 aromatic heterocycles. The number of nitrogens with zero attached hydrogens (tertiary/aromatic N) is 5. The lowest BCUT2D eigenvalue weighted by atomic mass is 10.0. The monoisotopic (exact) mass is 444 g/mol. The maximum atomic E-state index is 13.0. The SMILES string of the molecule is Nc1ncc(-c2ccc([C@H]3CN(C(=O)CCN4CCCc5ccccc54)CCO3)nc2)cn1. The van der Waals surface area contributed by atoms with Crippen LogP contribution in [-0.4, -0.2) is 58.5 Å². The molecule has 3 aromatic rings. The molecule has 0 aliphatic carbocycles. The van der Waals surface area contributed by atoms with E-state index < -0.39 is 0 Å². The third kappa shape index (κ3) is 4.80. The summed E-state index contributed by atoms with van der Waals surface area (Å²) in [5.74, 6) is 0.412. The van der Waals surface area contributed by atoms with E-state index in [2.05, 4.69) is 44.1 Å². The molecule has 33 heavy (non-hydrogen) atoms. The number of hydrogen-bond donors (Lipinski definition) is 1. The van der Waals surface area contributed by atoms with E-state index in [0.717, 1.165) is 42.8 Å². The number of morpholine rings is 1. The average Bonchev–Trinajstić information content (AvgIpc) is 2.88. The summed E-state index contributed by atoms with van der Waals surface area (Å²) in [6.07, 6.45) is 7.66. The van der Waals surface area contributed by atoms with Crippen LogP contribution in [0.4, 0.5) is 11.6 Å². The summed E-state index contributed by atoms with van der Waals surface area (Å²) in [5.41, 5.74) is 10.8. The molecule has 0 spiro atoms. The summed E-state index contributed by atoms with van der Waals surface area (Å²) < 4.78 is 5.94. The van der Waals surface area contributed by atoms with E-state index in [9.17, 15) is 4.79 Å². The first-order chi connectivity index (χ1) is 16.2. The number of carbonyl (C=O) groups is 1. The van der Waals surface area contributed by atoms with Crippen molar-refractivity contribution in [1.82, 2.24) is 19.9 Å². The Bertz CT molecular complexity index is 1100. The van der Waals surface area contributed by atoms with Crippen LogP contribution in [-0.2, 0) is 16.0 Å². The van der Waals surface area contributed by atoms with Gasteiger partial charge in [0.1, 0.15) is 6.10 Å². The van der Waals surface area contributed by atoms with Gasteiger partial charge < -0.3 is 20.3 Å². The van der Waals surface area contributed by atoms with Crippen molar-refractivity contribution >= 4 is 17.5 Å². The second kappa shape index (κ2) is 9.54. The Labute approximate surface area is 193 Å². The standard InChI is InChI=1S/C25H28N6O2/c26-25-28-15-20(16-29-25)19-7-8-21(27-14-19)23-17-31(12-13-33-23)24(32)9-11-30-10-3-5-18-4-1-2-6-22(18)30/h1-2,4,6-8,14-16,23H,3,5,9-13,17H2,(H2,26,28,29)/t23-/m1/s1. The third-order valence-corrected chi connectivity index (χ3v) is 6.34. The predicted octanol–water partition coefficient (Wildman–Crippen LogP) is 2.86. The third-order valence-electron chi connectivity index (χ3n) is 6.34. The number of benzene rings is 1. The summed E-state index contributed by atoms with van der Waals surface area (Å²) in [4.78, 5) is 29.9. The highest BCUT2D eigenvalue weighted by Gasteiger charge is 2.27. The highest BCUT2D eigenvalue weighted by atomic mass is 16.5. The Balaban J connectivity index is 1.19. The molecule has 1 aromatic carbocycles. The highest BCUT2D eigenvalue weighted by molar-refractivity contribution is 5.77. The molecule has 1 atom stereocenters. The Kier molecular flexibility index (Phi) is 6.17. The molecular formula is C25H28N6O2. The van der Waals surface area contributed by atoms with Crippen LogP contribution >= 0.6 is 0 Å². The lowest BCUT2D eigenvalue weighted by Crippen LogP contribution is -2.43. The number of rotatable bonds is 5. The number of anilines is 2. The highest BCUT2D eigenvalue weighted by Crippen LogP contribution is 2.27. The number of para-hydroxylation sites is 1. The van der Waals surface area contributed by atoms with Crippen LogP contribution in [0.1, 0.15) is 30.2 Å². The molecule has 0 bridgehead atoms. The molecule has 2 aliphatic heterocycles. The number of hydrogen-bond acceptors (Lipinski definition) is 7. The second-order valence-electron chi connectivity index (χ2n) is 8.47. The van der Waals surface area contributed by atoms with E-state index in [1.165, 1.54) is 11.3 Å². The lowest BCUT2D eigenvalue weighted by Gasteiger charge is -2.34. The van der Waals surface area contributed by atoms with Gasteiger partial charge >= 0.3 is 0 Å². The smallest absolute Gasteiger partial charge is 0.224 e. The van der Waals surface area contributed by atoms with Gasteiger partial charge in [0.2, 0.25) is 11.9 Å². The number of aromatic nitrogens is 3. The summed E-state index contributed by atoms with van der Waals surface area (Å²) in [6, 6.07) is 12.4. The summed E-state index contributed by atoms with van der Waals surface area (Å²) >= 11 is 0. The molecule has 2 aliphatic rings. The van der Waals surface area contributed by atoms with Crippen molar-refractivity contribution in [1.29, 1.82) is 0 Å². The van der Waals surface area contributed by atoms with Gasteiger partial charge in [0, 0.05) is 61.5 Å². The van der Waals surface area contributed by atoms with Crippen LogP contribution in [0, 0.1) is 0 Å². The molecule has 0 saturated carbocycles. The molecular weight excluding hydrogens is 416 g/mol. The molecule has 8 nitrogen and oxygen atoms in total. The number of amides is 1. The van der Waals surface area contributed by atoms with Crippen LogP contribution in [0.5, 0.6) is 0 Å². The first-order valence-corrected chi connectivity index (χ1v) is 11.4. The molecule has 1 fully saturated rings. The Morgan fingerprint density at radius 3 is 2.67 bits per heavy atom. The minimum absolute atomic E-state index is 0.169. The topological polar surface area (TPSA) is 97.5 Å².